The third kappa shape index (κ3) is 3.92. The maximum absolute atomic E-state index is 9.01. The van der Waals surface area contributed by atoms with Crippen molar-refractivity contribution in [3.05, 3.63) is 30.3 Å². The molecule has 2 N–H and O–H groups in total. The molecule has 13 heavy (non-hydrogen) atoms. The number of aliphatic hydroxyl groups is 1. The predicted molar refractivity (Wildman–Crippen MR) is 51.3 cm³/mol. The maximum Gasteiger partial charge on any atom is 0.149 e. The monoisotopic (exact) mass is 181 g/mol. The van der Waals surface area contributed by atoms with Crippen molar-refractivity contribution in [2.24, 2.45) is 0 Å². The van der Waals surface area contributed by atoms with Gasteiger partial charge in [0.25, 0.3) is 0 Å². The molecule has 0 spiro atoms. The van der Waals surface area contributed by atoms with E-state index in [1.165, 1.54) is 0 Å². The Hall–Kier alpha value is -1.06. The summed E-state index contributed by atoms with van der Waals surface area (Å²) in [4.78, 5) is 0. The highest BCUT2D eigenvalue weighted by Gasteiger charge is 2.04. The van der Waals surface area contributed by atoms with E-state index in [0.717, 1.165) is 5.75 Å². The summed E-state index contributed by atoms with van der Waals surface area (Å²) in [5.74, 6) is 0.795. The van der Waals surface area contributed by atoms with Crippen LogP contribution in [0.2, 0.25) is 0 Å². The van der Waals surface area contributed by atoms with Crippen molar-refractivity contribution in [2.75, 3.05) is 0 Å². The van der Waals surface area contributed by atoms with Crippen LogP contribution in [0.3, 0.4) is 0 Å². The number of ether oxygens (including phenoxy) is 1. The number of para-hydroxylation sites is 1. The van der Waals surface area contributed by atoms with Gasteiger partial charge >= 0.3 is 0 Å². The van der Waals surface area contributed by atoms with E-state index in [1.807, 2.05) is 37.3 Å². The van der Waals surface area contributed by atoms with Crippen molar-refractivity contribution < 1.29 is 9.84 Å². The van der Waals surface area contributed by atoms with Gasteiger partial charge in [0.05, 0.1) is 0 Å². The second-order valence-electron chi connectivity index (χ2n) is 2.92. The smallest absolute Gasteiger partial charge is 0.149 e. The summed E-state index contributed by atoms with van der Waals surface area (Å²) in [5.41, 5.74) is 0. The fourth-order valence-corrected chi connectivity index (χ4v) is 1.08. The molecule has 0 bridgehead atoms. The van der Waals surface area contributed by atoms with E-state index < -0.39 is 6.23 Å². The van der Waals surface area contributed by atoms with Crippen LogP contribution >= 0.6 is 0 Å². The molecule has 0 aliphatic carbocycles. The lowest BCUT2D eigenvalue weighted by Crippen LogP contribution is -2.37. The van der Waals surface area contributed by atoms with Gasteiger partial charge in [0.1, 0.15) is 18.2 Å². The fourth-order valence-electron chi connectivity index (χ4n) is 1.08. The van der Waals surface area contributed by atoms with Crippen LogP contribution in [0.25, 0.3) is 0 Å². The quantitative estimate of drug-likeness (QED) is 0.689. The molecule has 0 fully saturated rings. The Balaban J connectivity index is 2.41. The van der Waals surface area contributed by atoms with Crippen LogP contribution in [-0.2, 0) is 0 Å². The van der Waals surface area contributed by atoms with Gasteiger partial charge in [0.2, 0.25) is 0 Å². The molecule has 3 heteroatoms. The van der Waals surface area contributed by atoms with Gasteiger partial charge < -0.3 is 9.84 Å². The zero-order chi connectivity index (χ0) is 9.68. The molecular formula is C10H15NO2. The highest BCUT2D eigenvalue weighted by Crippen LogP contribution is 2.09. The minimum atomic E-state index is -0.557. The third-order valence-electron chi connectivity index (χ3n) is 1.53. The normalized spacial score (nSPS) is 15.0. The van der Waals surface area contributed by atoms with E-state index in [0.29, 0.717) is 0 Å². The van der Waals surface area contributed by atoms with Gasteiger partial charge in [-0.25, -0.2) is 0 Å². The molecule has 0 amide bonds. The summed E-state index contributed by atoms with van der Waals surface area (Å²) in [6.45, 7) is 3.50. The molecule has 3 nitrogen and oxygen atoms in total. The molecule has 0 aliphatic heterocycles. The van der Waals surface area contributed by atoms with E-state index in [-0.39, 0.29) is 6.23 Å². The maximum atomic E-state index is 9.01. The number of nitrogens with one attached hydrogen (secondary N) is 1. The number of aliphatic hydroxyl groups excluding tert-OH is 1. The number of rotatable bonds is 4. The molecule has 1 aromatic rings. The SMILES string of the molecule is CC(O)NC(C)Oc1ccccc1. The Labute approximate surface area is 78.3 Å². The van der Waals surface area contributed by atoms with Crippen molar-refractivity contribution in [1.29, 1.82) is 0 Å². The molecule has 2 atom stereocenters. The summed E-state index contributed by atoms with van der Waals surface area (Å²) in [6.07, 6.45) is -0.749. The molecule has 0 heterocycles. The molecule has 72 valence electrons. The highest BCUT2D eigenvalue weighted by atomic mass is 16.5. The third-order valence-corrected chi connectivity index (χ3v) is 1.53. The standard InChI is InChI=1S/C10H15NO2/c1-8(12)11-9(2)13-10-6-4-3-5-7-10/h3-9,11-12H,1-2H3. The Morgan fingerprint density at radius 1 is 1.23 bits per heavy atom. The first kappa shape index (κ1) is 10.0. The van der Waals surface area contributed by atoms with Gasteiger partial charge in [-0.1, -0.05) is 18.2 Å². The second-order valence-corrected chi connectivity index (χ2v) is 2.92. The van der Waals surface area contributed by atoms with E-state index in [2.05, 4.69) is 5.32 Å². The van der Waals surface area contributed by atoms with Crippen LogP contribution in [0.1, 0.15) is 13.8 Å². The summed E-state index contributed by atoms with van der Waals surface area (Å²) < 4.78 is 5.45. The lowest BCUT2D eigenvalue weighted by atomic mass is 10.3. The molecule has 0 aliphatic rings. The topological polar surface area (TPSA) is 41.5 Å². The Morgan fingerprint density at radius 2 is 1.85 bits per heavy atom. The molecule has 1 aromatic carbocycles. The molecule has 2 unspecified atom stereocenters. The molecule has 0 radical (unpaired) electrons. The van der Waals surface area contributed by atoms with E-state index >= 15 is 0 Å². The Morgan fingerprint density at radius 3 is 2.38 bits per heavy atom. The summed E-state index contributed by atoms with van der Waals surface area (Å²) in [6, 6.07) is 9.49. The minimum Gasteiger partial charge on any atom is -0.476 e. The second kappa shape index (κ2) is 4.84. The van der Waals surface area contributed by atoms with E-state index in [4.69, 9.17) is 9.84 Å². The van der Waals surface area contributed by atoms with Crippen LogP contribution in [0.15, 0.2) is 30.3 Å². The Kier molecular flexibility index (Phi) is 3.73. The molecule has 0 saturated carbocycles. The van der Waals surface area contributed by atoms with Gasteiger partial charge in [0.15, 0.2) is 0 Å². The zero-order valence-electron chi connectivity index (χ0n) is 7.90. The van der Waals surface area contributed by atoms with Crippen LogP contribution in [0.5, 0.6) is 5.75 Å². The van der Waals surface area contributed by atoms with Crippen molar-refractivity contribution in [3.8, 4) is 5.75 Å². The first-order chi connectivity index (χ1) is 6.18. The van der Waals surface area contributed by atoms with Gasteiger partial charge in [0, 0.05) is 0 Å². The average Bonchev–Trinajstić information content (AvgIpc) is 2.04. The van der Waals surface area contributed by atoms with E-state index in [1.54, 1.807) is 6.92 Å². The molecular weight excluding hydrogens is 166 g/mol. The number of benzene rings is 1. The van der Waals surface area contributed by atoms with Crippen LogP contribution < -0.4 is 10.1 Å². The molecule has 0 saturated heterocycles. The first-order valence-corrected chi connectivity index (χ1v) is 4.34. The van der Waals surface area contributed by atoms with Crippen LogP contribution in [0, 0.1) is 0 Å². The summed E-state index contributed by atoms with van der Waals surface area (Å²) in [7, 11) is 0. The van der Waals surface area contributed by atoms with Gasteiger partial charge in [-0.05, 0) is 26.0 Å². The highest BCUT2D eigenvalue weighted by molar-refractivity contribution is 5.21. The number of hydrogen-bond donors (Lipinski definition) is 2. The zero-order valence-corrected chi connectivity index (χ0v) is 7.90. The Bertz CT molecular complexity index is 236. The van der Waals surface area contributed by atoms with Crippen LogP contribution in [0.4, 0.5) is 0 Å². The van der Waals surface area contributed by atoms with Gasteiger partial charge in [-0.3, -0.25) is 5.32 Å². The van der Waals surface area contributed by atoms with Crippen LogP contribution in [-0.4, -0.2) is 17.6 Å². The number of hydrogen-bond acceptors (Lipinski definition) is 3. The van der Waals surface area contributed by atoms with Gasteiger partial charge in [-0.2, -0.15) is 0 Å². The van der Waals surface area contributed by atoms with Gasteiger partial charge in [-0.15, -0.1) is 0 Å². The van der Waals surface area contributed by atoms with Crippen molar-refractivity contribution in [1.82, 2.24) is 5.32 Å². The fraction of sp³-hybridized carbons (Fsp3) is 0.400. The minimum absolute atomic E-state index is 0.192. The predicted octanol–water partition coefficient (Wildman–Crippen LogP) is 1.34. The van der Waals surface area contributed by atoms with E-state index in [9.17, 15) is 0 Å². The largest absolute Gasteiger partial charge is 0.476 e. The lowest BCUT2D eigenvalue weighted by Gasteiger charge is -2.17. The van der Waals surface area contributed by atoms with Crippen molar-refractivity contribution in [3.63, 3.8) is 0 Å². The summed E-state index contributed by atoms with van der Waals surface area (Å²) in [5, 5.41) is 11.8. The average molecular weight is 181 g/mol. The van der Waals surface area contributed by atoms with Crippen molar-refractivity contribution in [2.45, 2.75) is 26.3 Å². The molecule has 0 aromatic heterocycles. The summed E-state index contributed by atoms with van der Waals surface area (Å²) >= 11 is 0. The lowest BCUT2D eigenvalue weighted by molar-refractivity contribution is 0.0769. The first-order valence-electron chi connectivity index (χ1n) is 4.34. The molecule has 1 rings (SSSR count). The van der Waals surface area contributed by atoms with Crippen molar-refractivity contribution >= 4 is 0 Å².